The summed E-state index contributed by atoms with van der Waals surface area (Å²) >= 11 is 0. The first-order chi connectivity index (χ1) is 21.3. The van der Waals surface area contributed by atoms with E-state index in [0.29, 0.717) is 42.8 Å². The minimum atomic E-state index is -0.504. The van der Waals surface area contributed by atoms with Crippen LogP contribution in [0.3, 0.4) is 0 Å². The highest BCUT2D eigenvalue weighted by Crippen LogP contribution is 2.33. The van der Waals surface area contributed by atoms with Crippen LogP contribution in [-0.4, -0.2) is 77.0 Å². The zero-order valence-corrected chi connectivity index (χ0v) is 24.5. The van der Waals surface area contributed by atoms with Gasteiger partial charge in [0.2, 0.25) is 0 Å². The van der Waals surface area contributed by atoms with E-state index >= 15 is 0 Å². The van der Waals surface area contributed by atoms with Crippen LogP contribution in [0.25, 0.3) is 0 Å². The first-order valence-electron chi connectivity index (χ1n) is 14.6. The van der Waals surface area contributed by atoms with E-state index in [1.807, 2.05) is 24.3 Å². The van der Waals surface area contributed by atoms with Crippen LogP contribution in [0.2, 0.25) is 0 Å². The average molecular weight is 599 g/mol. The van der Waals surface area contributed by atoms with E-state index in [1.54, 1.807) is 23.1 Å². The van der Waals surface area contributed by atoms with Crippen molar-refractivity contribution < 1.29 is 24.0 Å². The van der Waals surface area contributed by atoms with Gasteiger partial charge in [0.15, 0.2) is 5.75 Å². The van der Waals surface area contributed by atoms with E-state index in [2.05, 4.69) is 21.3 Å². The van der Waals surface area contributed by atoms with Crippen molar-refractivity contribution in [2.45, 2.75) is 44.4 Å². The lowest BCUT2D eigenvalue weighted by molar-refractivity contribution is -0.386. The Kier molecular flexibility index (Phi) is 9.66. The molecule has 228 valence electrons. The van der Waals surface area contributed by atoms with Crippen LogP contribution in [0.1, 0.15) is 57.7 Å². The van der Waals surface area contributed by atoms with E-state index in [0.717, 1.165) is 38.0 Å². The largest absolute Gasteiger partial charge is 0.496 e. The number of aromatic nitrogens is 1. The van der Waals surface area contributed by atoms with Crippen molar-refractivity contribution in [2.24, 2.45) is 0 Å². The van der Waals surface area contributed by atoms with Crippen LogP contribution in [0.5, 0.6) is 11.5 Å². The van der Waals surface area contributed by atoms with E-state index in [-0.39, 0.29) is 41.1 Å². The van der Waals surface area contributed by atoms with Gasteiger partial charge in [-0.1, -0.05) is 12.1 Å². The van der Waals surface area contributed by atoms with Crippen molar-refractivity contribution in [2.75, 3.05) is 33.3 Å². The minimum absolute atomic E-state index is 0.0592. The van der Waals surface area contributed by atoms with E-state index in [4.69, 9.17) is 14.7 Å². The molecule has 0 aliphatic carbocycles. The molecule has 2 aromatic carbocycles. The fourth-order valence-electron chi connectivity index (χ4n) is 5.49. The maximum Gasteiger partial charge on any atom is 0.314 e. The topological polar surface area (TPSA) is 151 Å². The number of likely N-dealkylation sites (tertiary alicyclic amines) is 2. The minimum Gasteiger partial charge on any atom is -0.496 e. The van der Waals surface area contributed by atoms with Gasteiger partial charge in [-0.05, 0) is 54.8 Å². The van der Waals surface area contributed by atoms with Crippen molar-refractivity contribution in [3.05, 3.63) is 93.3 Å². The number of nitrogens with zero attached hydrogens (tertiary/aromatic N) is 5. The van der Waals surface area contributed by atoms with Gasteiger partial charge in [-0.2, -0.15) is 5.26 Å². The van der Waals surface area contributed by atoms with Crippen molar-refractivity contribution in [3.8, 4) is 17.6 Å². The molecule has 2 amide bonds. The molecule has 0 bridgehead atoms. The number of methoxy groups -OCH3 is 1. The number of rotatable bonds is 9. The number of benzene rings is 2. The standard InChI is InChI=1S/C32H34N6O6/c1-43-27-7-9-30(29(18-27)38(41)42)44-26-12-16-37(17-13-26)32(40)28-8-6-24(20-34-28)31(39)35-25-10-14-36(15-11-25)21-23-4-2-22(19-33)3-5-23/h2-9,18,20,25-26H,10-17,21H2,1H3,(H,35,39). The van der Waals surface area contributed by atoms with E-state index in [9.17, 15) is 19.7 Å². The van der Waals surface area contributed by atoms with Gasteiger partial charge in [0.25, 0.3) is 11.8 Å². The molecule has 0 unspecified atom stereocenters. The molecule has 0 radical (unpaired) electrons. The molecule has 1 N–H and O–H groups in total. The Bertz CT molecular complexity index is 1520. The lowest BCUT2D eigenvalue weighted by Crippen LogP contribution is -2.44. The Morgan fingerprint density at radius 2 is 1.77 bits per heavy atom. The monoisotopic (exact) mass is 598 g/mol. The molecule has 2 fully saturated rings. The summed E-state index contributed by atoms with van der Waals surface area (Å²) in [5.41, 5.74) is 2.29. The lowest BCUT2D eigenvalue weighted by atomic mass is 10.0. The van der Waals surface area contributed by atoms with Crippen molar-refractivity contribution in [1.29, 1.82) is 5.26 Å². The highest BCUT2D eigenvalue weighted by molar-refractivity contribution is 5.96. The van der Waals surface area contributed by atoms with Crippen LogP contribution >= 0.6 is 0 Å². The second-order valence-electron chi connectivity index (χ2n) is 11.0. The van der Waals surface area contributed by atoms with Gasteiger partial charge in [0, 0.05) is 57.8 Å². The summed E-state index contributed by atoms with van der Waals surface area (Å²) < 4.78 is 11.0. The van der Waals surface area contributed by atoms with Gasteiger partial charge in [0.05, 0.1) is 35.3 Å². The SMILES string of the molecule is COc1ccc(OC2CCN(C(=O)c3ccc(C(=O)NC4CCN(Cc5ccc(C#N)cc5)CC4)cn3)CC2)c([N+](=O)[O-])c1. The summed E-state index contributed by atoms with van der Waals surface area (Å²) in [5.74, 6) is 0.0935. The molecule has 2 aliphatic heterocycles. The number of carbonyl (C=O) groups is 2. The molecule has 5 rings (SSSR count). The number of nitro groups is 1. The van der Waals surface area contributed by atoms with Crippen LogP contribution in [0, 0.1) is 21.4 Å². The number of amides is 2. The molecule has 0 atom stereocenters. The predicted octanol–water partition coefficient (Wildman–Crippen LogP) is 3.95. The molecule has 1 aromatic heterocycles. The Hall–Kier alpha value is -5.02. The van der Waals surface area contributed by atoms with Crippen molar-refractivity contribution >= 4 is 17.5 Å². The molecule has 3 heterocycles. The van der Waals surface area contributed by atoms with Crippen LogP contribution < -0.4 is 14.8 Å². The molecular formula is C32H34N6O6. The lowest BCUT2D eigenvalue weighted by Gasteiger charge is -2.32. The van der Waals surface area contributed by atoms with E-state index < -0.39 is 4.92 Å². The van der Waals surface area contributed by atoms with Gasteiger partial charge in [-0.3, -0.25) is 29.6 Å². The molecule has 44 heavy (non-hydrogen) atoms. The zero-order valence-electron chi connectivity index (χ0n) is 24.5. The number of nitriles is 1. The van der Waals surface area contributed by atoms with Gasteiger partial charge in [-0.25, -0.2) is 0 Å². The molecule has 12 nitrogen and oxygen atoms in total. The summed E-state index contributed by atoms with van der Waals surface area (Å²) in [5, 5.41) is 23.5. The smallest absolute Gasteiger partial charge is 0.314 e. The van der Waals surface area contributed by atoms with Crippen LogP contribution in [0.4, 0.5) is 5.69 Å². The average Bonchev–Trinajstić information content (AvgIpc) is 3.06. The molecule has 12 heteroatoms. The summed E-state index contributed by atoms with van der Waals surface area (Å²) in [6.45, 7) is 3.36. The van der Waals surface area contributed by atoms with Crippen molar-refractivity contribution in [3.63, 3.8) is 0 Å². The second-order valence-corrected chi connectivity index (χ2v) is 11.0. The number of carbonyl (C=O) groups excluding carboxylic acids is 2. The maximum atomic E-state index is 13.1. The number of nitrogens with one attached hydrogen (secondary N) is 1. The number of hydrogen-bond donors (Lipinski definition) is 1. The number of ether oxygens (including phenoxy) is 2. The predicted molar refractivity (Wildman–Crippen MR) is 160 cm³/mol. The molecule has 2 saturated heterocycles. The van der Waals surface area contributed by atoms with Gasteiger partial charge >= 0.3 is 5.69 Å². The third-order valence-corrected chi connectivity index (χ3v) is 8.04. The Balaban J connectivity index is 1.07. The molecule has 3 aromatic rings. The van der Waals surface area contributed by atoms with Gasteiger partial charge in [0.1, 0.15) is 17.5 Å². The van der Waals surface area contributed by atoms with Crippen LogP contribution in [-0.2, 0) is 6.54 Å². The zero-order chi connectivity index (χ0) is 31.1. The Morgan fingerprint density at radius 3 is 2.39 bits per heavy atom. The number of nitro benzene ring substituents is 1. The second kappa shape index (κ2) is 14.0. The van der Waals surface area contributed by atoms with Gasteiger partial charge < -0.3 is 19.7 Å². The van der Waals surface area contributed by atoms with Crippen molar-refractivity contribution in [1.82, 2.24) is 20.1 Å². The normalized spacial score (nSPS) is 16.1. The molecule has 0 saturated carbocycles. The van der Waals surface area contributed by atoms with Gasteiger partial charge in [-0.15, -0.1) is 0 Å². The first kappa shape index (κ1) is 30.4. The number of hydrogen-bond acceptors (Lipinski definition) is 9. The Morgan fingerprint density at radius 1 is 1.05 bits per heavy atom. The first-order valence-corrected chi connectivity index (χ1v) is 14.6. The van der Waals surface area contributed by atoms with Crippen LogP contribution in [0.15, 0.2) is 60.8 Å². The molecule has 0 spiro atoms. The third kappa shape index (κ3) is 7.48. The fraction of sp³-hybridized carbons (Fsp3) is 0.375. The van der Waals surface area contributed by atoms with E-state index in [1.165, 1.54) is 25.4 Å². The highest BCUT2D eigenvalue weighted by atomic mass is 16.6. The quantitative estimate of drug-likeness (QED) is 0.285. The molecular weight excluding hydrogens is 564 g/mol. The summed E-state index contributed by atoms with van der Waals surface area (Å²) in [6.07, 6.45) is 3.85. The number of piperidine rings is 2. The Labute approximate surface area is 255 Å². The fourth-order valence-corrected chi connectivity index (χ4v) is 5.49. The third-order valence-electron chi connectivity index (χ3n) is 8.04. The maximum absolute atomic E-state index is 13.1. The summed E-state index contributed by atoms with van der Waals surface area (Å²) in [7, 11) is 1.44. The summed E-state index contributed by atoms with van der Waals surface area (Å²) in [4.78, 5) is 45.2. The molecule has 2 aliphatic rings. The highest BCUT2D eigenvalue weighted by Gasteiger charge is 2.28. The summed E-state index contributed by atoms with van der Waals surface area (Å²) in [6, 6.07) is 17.5. The number of pyridine rings is 1.